The van der Waals surface area contributed by atoms with Crippen molar-refractivity contribution < 1.29 is 24.6 Å². The molecule has 0 fully saturated rings. The predicted octanol–water partition coefficient (Wildman–Crippen LogP) is 1.31. The number of carboxylic acids is 2. The summed E-state index contributed by atoms with van der Waals surface area (Å²) in [6.07, 6.45) is 1.36. The molecule has 0 saturated carbocycles. The van der Waals surface area contributed by atoms with Crippen molar-refractivity contribution >= 4 is 18.2 Å². The monoisotopic (exact) mass is 216 g/mol. The molecule has 86 valence electrons. The van der Waals surface area contributed by atoms with E-state index in [1.54, 1.807) is 6.92 Å². The van der Waals surface area contributed by atoms with E-state index in [0.29, 0.717) is 12.7 Å². The molecule has 0 heterocycles. The highest BCUT2D eigenvalue weighted by molar-refractivity contribution is 5.70. The number of carbonyl (C=O) groups excluding carboxylic acids is 1. The maximum Gasteiger partial charge on any atom is 0.303 e. The quantitative estimate of drug-likeness (QED) is 0.597. The van der Waals surface area contributed by atoms with E-state index in [1.807, 2.05) is 0 Å². The fourth-order valence-corrected chi connectivity index (χ4v) is 1.39. The molecule has 0 bridgehead atoms. The van der Waals surface area contributed by atoms with Crippen molar-refractivity contribution in [2.75, 3.05) is 0 Å². The van der Waals surface area contributed by atoms with Crippen LogP contribution in [0.5, 0.6) is 0 Å². The van der Waals surface area contributed by atoms with Crippen LogP contribution in [0.1, 0.15) is 39.0 Å². The zero-order valence-corrected chi connectivity index (χ0v) is 8.73. The van der Waals surface area contributed by atoms with E-state index in [1.165, 1.54) is 0 Å². The Balaban J connectivity index is 4.35. The van der Waals surface area contributed by atoms with E-state index >= 15 is 0 Å². The SMILES string of the molecule is CCC(C=O)(CCC(=O)O)CCC(=O)O. The largest absolute Gasteiger partial charge is 0.481 e. The molecule has 0 unspecified atom stereocenters. The maximum atomic E-state index is 10.9. The summed E-state index contributed by atoms with van der Waals surface area (Å²) in [5.74, 6) is -1.94. The lowest BCUT2D eigenvalue weighted by molar-refractivity contribution is -0.138. The lowest BCUT2D eigenvalue weighted by Gasteiger charge is -2.24. The van der Waals surface area contributed by atoms with Crippen LogP contribution >= 0.6 is 0 Å². The Morgan fingerprint density at radius 2 is 1.53 bits per heavy atom. The van der Waals surface area contributed by atoms with Crippen molar-refractivity contribution in [1.82, 2.24) is 0 Å². The molecule has 0 amide bonds. The van der Waals surface area contributed by atoms with Crippen LogP contribution in [0.3, 0.4) is 0 Å². The number of hydrogen-bond donors (Lipinski definition) is 2. The Morgan fingerprint density at radius 1 is 1.13 bits per heavy atom. The number of aliphatic carboxylic acids is 2. The molecule has 0 radical (unpaired) electrons. The molecule has 0 aromatic carbocycles. The minimum Gasteiger partial charge on any atom is -0.481 e. The van der Waals surface area contributed by atoms with Crippen LogP contribution in [-0.4, -0.2) is 28.4 Å². The molecular weight excluding hydrogens is 200 g/mol. The van der Waals surface area contributed by atoms with Crippen molar-refractivity contribution in [3.63, 3.8) is 0 Å². The van der Waals surface area contributed by atoms with E-state index in [9.17, 15) is 14.4 Å². The van der Waals surface area contributed by atoms with Crippen LogP contribution in [0.2, 0.25) is 0 Å². The molecule has 0 aliphatic heterocycles. The fourth-order valence-electron chi connectivity index (χ4n) is 1.39. The smallest absolute Gasteiger partial charge is 0.303 e. The summed E-state index contributed by atoms with van der Waals surface area (Å²) in [7, 11) is 0. The van der Waals surface area contributed by atoms with Crippen LogP contribution in [0, 0.1) is 5.41 Å². The molecule has 15 heavy (non-hydrogen) atoms. The molecule has 0 saturated heterocycles. The summed E-state index contributed by atoms with van der Waals surface area (Å²) in [4.78, 5) is 31.7. The van der Waals surface area contributed by atoms with Crippen LogP contribution in [0.15, 0.2) is 0 Å². The van der Waals surface area contributed by atoms with E-state index in [4.69, 9.17) is 10.2 Å². The lowest BCUT2D eigenvalue weighted by Crippen LogP contribution is -2.24. The van der Waals surface area contributed by atoms with Crippen molar-refractivity contribution in [2.45, 2.75) is 39.0 Å². The Labute approximate surface area is 88.1 Å². The van der Waals surface area contributed by atoms with Gasteiger partial charge in [0, 0.05) is 18.3 Å². The molecule has 0 aromatic rings. The van der Waals surface area contributed by atoms with Gasteiger partial charge in [0.25, 0.3) is 0 Å². The molecule has 2 N–H and O–H groups in total. The van der Waals surface area contributed by atoms with Crippen LogP contribution in [-0.2, 0) is 14.4 Å². The highest BCUT2D eigenvalue weighted by atomic mass is 16.4. The lowest BCUT2D eigenvalue weighted by atomic mass is 9.78. The van der Waals surface area contributed by atoms with Gasteiger partial charge in [0.1, 0.15) is 6.29 Å². The van der Waals surface area contributed by atoms with Gasteiger partial charge in [-0.15, -0.1) is 0 Å². The summed E-state index contributed by atoms with van der Waals surface area (Å²) >= 11 is 0. The average molecular weight is 216 g/mol. The molecule has 0 aromatic heterocycles. The summed E-state index contributed by atoms with van der Waals surface area (Å²) in [5.41, 5.74) is -0.795. The van der Waals surface area contributed by atoms with Gasteiger partial charge in [-0.05, 0) is 19.3 Å². The van der Waals surface area contributed by atoms with Crippen molar-refractivity contribution in [3.8, 4) is 0 Å². The third-order valence-corrected chi connectivity index (χ3v) is 2.63. The molecule has 0 atom stereocenters. The molecule has 5 heteroatoms. The van der Waals surface area contributed by atoms with Crippen LogP contribution in [0.25, 0.3) is 0 Å². The molecule has 0 spiro atoms. The number of rotatable bonds is 8. The van der Waals surface area contributed by atoms with Gasteiger partial charge in [0.05, 0.1) is 0 Å². The highest BCUT2D eigenvalue weighted by Gasteiger charge is 2.28. The third-order valence-electron chi connectivity index (χ3n) is 2.63. The maximum absolute atomic E-state index is 10.9. The van der Waals surface area contributed by atoms with Gasteiger partial charge in [0.15, 0.2) is 0 Å². The second-order valence-electron chi connectivity index (χ2n) is 3.62. The third kappa shape index (κ3) is 5.15. The number of hydrogen-bond acceptors (Lipinski definition) is 3. The average Bonchev–Trinajstić information content (AvgIpc) is 2.19. The van der Waals surface area contributed by atoms with Gasteiger partial charge in [-0.3, -0.25) is 9.59 Å². The highest BCUT2D eigenvalue weighted by Crippen LogP contribution is 2.31. The second kappa shape index (κ2) is 6.16. The van der Waals surface area contributed by atoms with Gasteiger partial charge in [0.2, 0.25) is 0 Å². The van der Waals surface area contributed by atoms with Crippen LogP contribution < -0.4 is 0 Å². The minimum absolute atomic E-state index is 0.105. The minimum atomic E-state index is -0.968. The normalized spacial score (nSPS) is 11.0. The van der Waals surface area contributed by atoms with E-state index in [2.05, 4.69) is 0 Å². The Morgan fingerprint density at radius 3 is 1.73 bits per heavy atom. The first-order valence-electron chi connectivity index (χ1n) is 4.85. The predicted molar refractivity (Wildman–Crippen MR) is 52.5 cm³/mol. The summed E-state index contributed by atoms with van der Waals surface area (Å²) in [6.45, 7) is 1.76. The summed E-state index contributed by atoms with van der Waals surface area (Å²) in [5, 5.41) is 17.0. The Kier molecular flexibility index (Phi) is 5.59. The van der Waals surface area contributed by atoms with Crippen molar-refractivity contribution in [1.29, 1.82) is 0 Å². The first kappa shape index (κ1) is 13.6. The van der Waals surface area contributed by atoms with Crippen molar-refractivity contribution in [3.05, 3.63) is 0 Å². The molecule has 5 nitrogen and oxygen atoms in total. The number of carbonyl (C=O) groups is 3. The van der Waals surface area contributed by atoms with E-state index < -0.39 is 17.4 Å². The van der Waals surface area contributed by atoms with Gasteiger partial charge >= 0.3 is 11.9 Å². The van der Waals surface area contributed by atoms with Gasteiger partial charge in [-0.1, -0.05) is 6.92 Å². The van der Waals surface area contributed by atoms with Crippen molar-refractivity contribution in [2.24, 2.45) is 5.41 Å². The Hall–Kier alpha value is -1.39. The van der Waals surface area contributed by atoms with Gasteiger partial charge in [-0.25, -0.2) is 0 Å². The first-order chi connectivity index (χ1) is 6.95. The zero-order chi connectivity index (χ0) is 11.9. The summed E-state index contributed by atoms with van der Waals surface area (Å²) in [6, 6.07) is 0. The van der Waals surface area contributed by atoms with E-state index in [-0.39, 0.29) is 25.7 Å². The number of carboxylic acid groups (broad SMARTS) is 2. The Bertz CT molecular complexity index is 228. The zero-order valence-electron chi connectivity index (χ0n) is 8.73. The van der Waals surface area contributed by atoms with Gasteiger partial charge in [-0.2, -0.15) is 0 Å². The second-order valence-corrected chi connectivity index (χ2v) is 3.62. The fraction of sp³-hybridized carbons (Fsp3) is 0.700. The topological polar surface area (TPSA) is 91.7 Å². The van der Waals surface area contributed by atoms with E-state index in [0.717, 1.165) is 0 Å². The standard InChI is InChI=1S/C10H16O5/c1-2-10(7-11,5-3-8(12)13)6-4-9(14)15/h7H,2-6H2,1H3,(H,12,13)(H,14,15). The summed E-state index contributed by atoms with van der Waals surface area (Å²) < 4.78 is 0. The molecular formula is C10H16O5. The molecule has 0 aliphatic rings. The molecule has 0 rings (SSSR count). The number of aldehydes is 1. The molecule has 0 aliphatic carbocycles. The van der Waals surface area contributed by atoms with Gasteiger partial charge < -0.3 is 15.0 Å². The van der Waals surface area contributed by atoms with Crippen LogP contribution in [0.4, 0.5) is 0 Å². The first-order valence-corrected chi connectivity index (χ1v) is 4.85.